The third-order valence-corrected chi connectivity index (χ3v) is 6.79. The summed E-state index contributed by atoms with van der Waals surface area (Å²) in [6.45, 7) is 3.11. The van der Waals surface area contributed by atoms with Gasteiger partial charge in [-0.1, -0.05) is 12.1 Å². The molecular weight excluding hydrogens is 439 g/mol. The minimum absolute atomic E-state index is 0.0343. The van der Waals surface area contributed by atoms with Gasteiger partial charge in [0, 0.05) is 26.2 Å². The maximum absolute atomic E-state index is 13.5. The van der Waals surface area contributed by atoms with Gasteiger partial charge < -0.3 is 9.52 Å². The number of likely N-dealkylation sites (tertiary alicyclic amines) is 1. The molecule has 0 aliphatic carbocycles. The highest BCUT2D eigenvalue weighted by atomic mass is 19.4. The lowest BCUT2D eigenvalue weighted by Gasteiger charge is -2.58. The monoisotopic (exact) mass is 463 g/mol. The van der Waals surface area contributed by atoms with E-state index >= 15 is 0 Å². The Bertz CT molecular complexity index is 1080. The van der Waals surface area contributed by atoms with Crippen LogP contribution in [0.3, 0.4) is 0 Å². The Labute approximate surface area is 188 Å². The minimum Gasteiger partial charge on any atom is -0.464 e. The Hall–Kier alpha value is -2.69. The molecule has 0 unspecified atom stereocenters. The first-order valence-corrected chi connectivity index (χ1v) is 10.8. The molecular formula is C23H24F3N3O4. The molecule has 1 N–H and O–H groups in total. The largest absolute Gasteiger partial charge is 0.464 e. The van der Waals surface area contributed by atoms with E-state index in [2.05, 4.69) is 0 Å². The molecule has 1 aromatic carbocycles. The second-order valence-corrected chi connectivity index (χ2v) is 9.17. The van der Waals surface area contributed by atoms with Crippen molar-refractivity contribution in [3.05, 3.63) is 59.0 Å². The Morgan fingerprint density at radius 3 is 2.39 bits per heavy atom. The Morgan fingerprint density at radius 2 is 1.79 bits per heavy atom. The molecule has 176 valence electrons. The van der Waals surface area contributed by atoms with Gasteiger partial charge in [0.1, 0.15) is 17.1 Å². The molecule has 2 aromatic rings. The van der Waals surface area contributed by atoms with Crippen LogP contribution in [-0.4, -0.2) is 68.9 Å². The summed E-state index contributed by atoms with van der Waals surface area (Å²) in [7, 11) is 0. The normalized spacial score (nSPS) is 25.5. The number of imide groups is 1. The van der Waals surface area contributed by atoms with Gasteiger partial charge in [0.15, 0.2) is 0 Å². The average Bonchev–Trinajstić information content (AvgIpc) is 3.32. The number of carbonyl (C=O) groups is 2. The highest BCUT2D eigenvalue weighted by Crippen LogP contribution is 2.41. The fraction of sp³-hybridized carbons (Fsp3) is 0.478. The predicted molar refractivity (Wildman–Crippen MR) is 110 cm³/mol. The summed E-state index contributed by atoms with van der Waals surface area (Å²) < 4.78 is 44.0. The molecule has 4 heterocycles. The lowest BCUT2D eigenvalue weighted by atomic mass is 9.82. The quantitative estimate of drug-likeness (QED) is 0.701. The number of nitrogens with zero attached hydrogens (tertiary/aromatic N) is 3. The lowest BCUT2D eigenvalue weighted by molar-refractivity contribution is -0.181. The van der Waals surface area contributed by atoms with Gasteiger partial charge in [-0.25, -0.2) is 0 Å². The molecule has 0 saturated carbocycles. The van der Waals surface area contributed by atoms with Gasteiger partial charge >= 0.3 is 6.18 Å². The molecule has 0 radical (unpaired) electrons. The third kappa shape index (κ3) is 3.75. The van der Waals surface area contributed by atoms with E-state index in [1.807, 2.05) is 9.80 Å². The van der Waals surface area contributed by atoms with Crippen molar-refractivity contribution in [2.45, 2.75) is 50.3 Å². The molecule has 1 spiro atoms. The van der Waals surface area contributed by atoms with Crippen LogP contribution < -0.4 is 0 Å². The molecule has 3 aliphatic rings. The maximum atomic E-state index is 13.5. The number of hydrogen-bond donors (Lipinski definition) is 1. The van der Waals surface area contributed by atoms with Crippen molar-refractivity contribution < 1.29 is 32.3 Å². The van der Waals surface area contributed by atoms with Crippen LogP contribution in [0.5, 0.6) is 0 Å². The molecule has 7 nitrogen and oxygen atoms in total. The summed E-state index contributed by atoms with van der Waals surface area (Å²) in [5, 5.41) is 10.2. The lowest BCUT2D eigenvalue weighted by Crippen LogP contribution is -2.81. The zero-order valence-electron chi connectivity index (χ0n) is 18.0. The van der Waals surface area contributed by atoms with Crippen molar-refractivity contribution in [1.82, 2.24) is 14.7 Å². The van der Waals surface area contributed by atoms with Crippen molar-refractivity contribution in [3.8, 4) is 0 Å². The number of rotatable bonds is 4. The molecule has 3 fully saturated rings. The molecule has 2 amide bonds. The van der Waals surface area contributed by atoms with E-state index < -0.39 is 29.4 Å². The van der Waals surface area contributed by atoms with Crippen LogP contribution in [0.1, 0.15) is 29.1 Å². The fourth-order valence-electron chi connectivity index (χ4n) is 5.23. The van der Waals surface area contributed by atoms with E-state index in [0.29, 0.717) is 36.7 Å². The predicted octanol–water partition coefficient (Wildman–Crippen LogP) is 2.17. The van der Waals surface area contributed by atoms with Gasteiger partial charge in [-0.05, 0) is 43.2 Å². The number of amides is 2. The third-order valence-electron chi connectivity index (χ3n) is 6.79. The van der Waals surface area contributed by atoms with Crippen LogP contribution in [0, 0.1) is 6.92 Å². The van der Waals surface area contributed by atoms with Crippen LogP contribution in [0.4, 0.5) is 13.2 Å². The number of halogens is 3. The van der Waals surface area contributed by atoms with E-state index in [0.717, 1.165) is 12.1 Å². The molecule has 1 aromatic heterocycles. The highest BCUT2D eigenvalue weighted by molar-refractivity contribution is 6.06. The van der Waals surface area contributed by atoms with Gasteiger partial charge in [-0.3, -0.25) is 24.3 Å². The van der Waals surface area contributed by atoms with E-state index in [-0.39, 0.29) is 31.3 Å². The molecule has 5 rings (SSSR count). The van der Waals surface area contributed by atoms with Crippen LogP contribution in [-0.2, 0) is 28.9 Å². The Kier molecular flexibility index (Phi) is 5.15. The molecule has 0 bridgehead atoms. The number of furan rings is 1. The van der Waals surface area contributed by atoms with E-state index in [1.54, 1.807) is 19.1 Å². The topological polar surface area (TPSA) is 77.2 Å². The average molecular weight is 463 g/mol. The van der Waals surface area contributed by atoms with E-state index in [1.165, 1.54) is 17.0 Å². The number of aliphatic hydroxyl groups is 1. The van der Waals surface area contributed by atoms with Crippen LogP contribution in [0.15, 0.2) is 40.8 Å². The summed E-state index contributed by atoms with van der Waals surface area (Å²) in [6.07, 6.45) is -4.82. The number of carbonyl (C=O) groups excluding carboxylic acids is 2. The smallest absolute Gasteiger partial charge is 0.416 e. The maximum Gasteiger partial charge on any atom is 0.416 e. The van der Waals surface area contributed by atoms with Crippen LogP contribution in [0.2, 0.25) is 0 Å². The first-order valence-electron chi connectivity index (χ1n) is 10.8. The van der Waals surface area contributed by atoms with Crippen molar-refractivity contribution in [2.24, 2.45) is 0 Å². The number of aryl methyl sites for hydroxylation is 1. The van der Waals surface area contributed by atoms with Gasteiger partial charge in [0.05, 0.1) is 24.3 Å². The first kappa shape index (κ1) is 22.1. The Morgan fingerprint density at radius 1 is 1.09 bits per heavy atom. The molecule has 10 heteroatoms. The summed E-state index contributed by atoms with van der Waals surface area (Å²) in [5.41, 5.74) is -0.938. The number of benzene rings is 1. The molecule has 3 aliphatic heterocycles. The molecule has 33 heavy (non-hydrogen) atoms. The Balaban J connectivity index is 1.34. The van der Waals surface area contributed by atoms with Crippen molar-refractivity contribution >= 4 is 11.8 Å². The van der Waals surface area contributed by atoms with Crippen molar-refractivity contribution in [3.63, 3.8) is 0 Å². The van der Waals surface area contributed by atoms with Crippen LogP contribution in [0.25, 0.3) is 0 Å². The minimum atomic E-state index is -4.39. The van der Waals surface area contributed by atoms with E-state index in [9.17, 15) is 27.9 Å². The highest BCUT2D eigenvalue weighted by Gasteiger charge is 2.64. The SMILES string of the molecule is Cc1ccc(CN2C(=O)[C@@H]3C[C@@H](O)CN3C3(CN(Cc4ccc(C(F)(F)F)cc4)C3)C2=O)o1. The summed E-state index contributed by atoms with van der Waals surface area (Å²) in [6, 6.07) is 7.90. The second-order valence-electron chi connectivity index (χ2n) is 9.17. The summed E-state index contributed by atoms with van der Waals surface area (Å²) in [5.74, 6) is 0.533. The number of hydrogen-bond acceptors (Lipinski definition) is 6. The van der Waals surface area contributed by atoms with Gasteiger partial charge in [0.2, 0.25) is 5.91 Å². The van der Waals surface area contributed by atoms with Crippen LogP contribution >= 0.6 is 0 Å². The number of piperazine rings is 1. The van der Waals surface area contributed by atoms with Gasteiger partial charge in [-0.15, -0.1) is 0 Å². The standard InChI is InChI=1S/C23H24F3N3O4/c1-14-2-7-18(33-14)11-28-20(31)19-8-17(30)10-29(19)22(21(28)32)12-27(13-22)9-15-3-5-16(6-4-15)23(24,25)26/h2-7,17,19,30H,8-13H2,1H3/t17-,19+/m1/s1. The van der Waals surface area contributed by atoms with Gasteiger partial charge in [0.25, 0.3) is 5.91 Å². The zero-order chi connectivity index (χ0) is 23.5. The summed E-state index contributed by atoms with van der Waals surface area (Å²) >= 11 is 0. The second kappa shape index (κ2) is 7.68. The molecule has 3 saturated heterocycles. The number of aliphatic hydroxyl groups excluding tert-OH is 1. The summed E-state index contributed by atoms with van der Waals surface area (Å²) in [4.78, 5) is 31.6. The van der Waals surface area contributed by atoms with Gasteiger partial charge in [-0.2, -0.15) is 13.2 Å². The zero-order valence-corrected chi connectivity index (χ0v) is 18.0. The van der Waals surface area contributed by atoms with Crippen molar-refractivity contribution in [2.75, 3.05) is 19.6 Å². The van der Waals surface area contributed by atoms with E-state index in [4.69, 9.17) is 4.42 Å². The number of β-amino-alcohol motifs (C(OH)–C–C–N with tert-alkyl or cyclic N) is 1. The fourth-order valence-corrected chi connectivity index (χ4v) is 5.23. The first-order chi connectivity index (χ1) is 15.6. The number of alkyl halides is 3. The molecule has 2 atom stereocenters. The number of fused-ring (bicyclic) bond motifs is 2. The van der Waals surface area contributed by atoms with Crippen molar-refractivity contribution in [1.29, 1.82) is 0 Å².